The average Bonchev–Trinajstić information content (AvgIpc) is 3.43. The Morgan fingerprint density at radius 1 is 1.21 bits per heavy atom. The third-order valence-corrected chi connectivity index (χ3v) is 5.78. The van der Waals surface area contributed by atoms with E-state index in [4.69, 9.17) is 0 Å². The quantitative estimate of drug-likeness (QED) is 0.540. The summed E-state index contributed by atoms with van der Waals surface area (Å²) in [5.74, 6) is -0.195. The molecule has 0 aliphatic carbocycles. The van der Waals surface area contributed by atoms with Gasteiger partial charge in [0.2, 0.25) is 0 Å². The van der Waals surface area contributed by atoms with E-state index in [9.17, 15) is 4.79 Å². The lowest BCUT2D eigenvalue weighted by molar-refractivity contribution is 0.0938. The Bertz CT molecular complexity index is 1090. The van der Waals surface area contributed by atoms with E-state index in [-0.39, 0.29) is 11.9 Å². The summed E-state index contributed by atoms with van der Waals surface area (Å²) in [6.07, 6.45) is 1.76. The van der Waals surface area contributed by atoms with Crippen molar-refractivity contribution in [3.63, 3.8) is 0 Å². The maximum Gasteiger partial charge on any atom is 0.270 e. The molecule has 7 heteroatoms. The maximum atomic E-state index is 12.9. The van der Waals surface area contributed by atoms with Gasteiger partial charge < -0.3 is 5.32 Å². The first kappa shape index (κ1) is 18.2. The van der Waals surface area contributed by atoms with Crippen LogP contribution in [-0.2, 0) is 7.05 Å². The normalized spacial score (nSPS) is 12.1. The zero-order valence-electron chi connectivity index (χ0n) is 15.9. The highest BCUT2D eigenvalue weighted by Gasteiger charge is 2.21. The lowest BCUT2D eigenvalue weighted by Gasteiger charge is -2.18. The molecule has 0 saturated heterocycles. The molecule has 1 unspecified atom stereocenters. The second-order valence-corrected chi connectivity index (χ2v) is 7.75. The fourth-order valence-electron chi connectivity index (χ4n) is 3.07. The first-order chi connectivity index (χ1) is 13.5. The van der Waals surface area contributed by atoms with Gasteiger partial charge in [0, 0.05) is 23.2 Å². The Balaban J connectivity index is 1.60. The highest BCUT2D eigenvalue weighted by Crippen LogP contribution is 2.27. The van der Waals surface area contributed by atoms with Gasteiger partial charge in [-0.15, -0.1) is 11.3 Å². The number of hydrogen-bond acceptors (Lipinski definition) is 4. The van der Waals surface area contributed by atoms with Crippen LogP contribution in [0, 0.1) is 13.8 Å². The summed E-state index contributed by atoms with van der Waals surface area (Å²) >= 11 is 1.62. The van der Waals surface area contributed by atoms with Gasteiger partial charge in [0.15, 0.2) is 0 Å². The van der Waals surface area contributed by atoms with Crippen molar-refractivity contribution in [3.05, 3.63) is 81.4 Å². The van der Waals surface area contributed by atoms with Crippen LogP contribution in [0.25, 0.3) is 11.3 Å². The minimum absolute atomic E-state index is 0.195. The van der Waals surface area contributed by atoms with E-state index in [2.05, 4.69) is 51.8 Å². The molecule has 3 heterocycles. The van der Waals surface area contributed by atoms with Crippen LogP contribution in [-0.4, -0.2) is 25.9 Å². The number of amides is 1. The number of H-pyrrole nitrogens is 1. The van der Waals surface area contributed by atoms with Crippen LogP contribution in [0.5, 0.6) is 0 Å². The van der Waals surface area contributed by atoms with E-state index >= 15 is 0 Å². The van der Waals surface area contributed by atoms with Gasteiger partial charge in [-0.3, -0.25) is 14.6 Å². The molecule has 0 saturated carbocycles. The third kappa shape index (κ3) is 3.48. The van der Waals surface area contributed by atoms with E-state index in [0.29, 0.717) is 11.4 Å². The van der Waals surface area contributed by atoms with E-state index < -0.39 is 0 Å². The summed E-state index contributed by atoms with van der Waals surface area (Å²) in [4.78, 5) is 14.0. The molecule has 0 aliphatic heterocycles. The Hall–Kier alpha value is -3.19. The van der Waals surface area contributed by atoms with E-state index in [1.54, 1.807) is 28.3 Å². The van der Waals surface area contributed by atoms with Crippen LogP contribution in [0.3, 0.4) is 0 Å². The van der Waals surface area contributed by atoms with Gasteiger partial charge in [-0.1, -0.05) is 35.9 Å². The van der Waals surface area contributed by atoms with Crippen LogP contribution >= 0.6 is 11.3 Å². The molecule has 1 atom stereocenters. The number of benzene rings is 1. The second-order valence-electron chi connectivity index (χ2n) is 6.77. The van der Waals surface area contributed by atoms with Crippen molar-refractivity contribution < 1.29 is 4.79 Å². The van der Waals surface area contributed by atoms with Gasteiger partial charge in [-0.05, 0) is 36.9 Å². The van der Waals surface area contributed by atoms with Crippen molar-refractivity contribution >= 4 is 17.2 Å². The summed E-state index contributed by atoms with van der Waals surface area (Å²) in [6.45, 7) is 4.02. The number of thiophene rings is 1. The van der Waals surface area contributed by atoms with Crippen molar-refractivity contribution in [3.8, 4) is 11.3 Å². The Kier molecular flexibility index (Phi) is 4.83. The molecule has 28 heavy (non-hydrogen) atoms. The van der Waals surface area contributed by atoms with Gasteiger partial charge >= 0.3 is 0 Å². The van der Waals surface area contributed by atoms with Crippen LogP contribution in [0.4, 0.5) is 0 Å². The number of aryl methyl sites for hydroxylation is 2. The molecule has 0 radical (unpaired) electrons. The zero-order valence-corrected chi connectivity index (χ0v) is 16.7. The molecule has 2 N–H and O–H groups in total. The van der Waals surface area contributed by atoms with Gasteiger partial charge in [0.25, 0.3) is 5.91 Å². The highest BCUT2D eigenvalue weighted by molar-refractivity contribution is 7.10. The standard InChI is InChI=1S/C21H21N5OS/c1-13-6-8-15(9-7-13)20(19-5-4-10-28-19)23-21(27)18-11-17(24-25-18)16-12-22-26(3)14(16)2/h4-12,20H,1-3H3,(H,23,27)(H,24,25). The number of hydrogen-bond donors (Lipinski definition) is 2. The molecule has 142 valence electrons. The smallest absolute Gasteiger partial charge is 0.270 e. The SMILES string of the molecule is Cc1ccc(C(NC(=O)c2cc(-c3cnn(C)c3C)n[nH]2)c2cccs2)cc1. The first-order valence-electron chi connectivity index (χ1n) is 8.98. The van der Waals surface area contributed by atoms with Crippen molar-refractivity contribution in [2.24, 2.45) is 7.05 Å². The monoisotopic (exact) mass is 391 g/mol. The molecule has 6 nitrogen and oxygen atoms in total. The maximum absolute atomic E-state index is 12.9. The topological polar surface area (TPSA) is 75.6 Å². The van der Waals surface area contributed by atoms with Crippen LogP contribution in [0.1, 0.15) is 38.2 Å². The van der Waals surface area contributed by atoms with Gasteiger partial charge in [0.05, 0.1) is 17.9 Å². The molecule has 3 aromatic heterocycles. The molecule has 0 bridgehead atoms. The number of carbonyl (C=O) groups is 1. The first-order valence-corrected chi connectivity index (χ1v) is 9.86. The lowest BCUT2D eigenvalue weighted by Crippen LogP contribution is -2.29. The summed E-state index contributed by atoms with van der Waals surface area (Å²) in [7, 11) is 1.88. The van der Waals surface area contributed by atoms with Crippen LogP contribution in [0.15, 0.2) is 54.0 Å². The van der Waals surface area contributed by atoms with Crippen molar-refractivity contribution in [1.82, 2.24) is 25.3 Å². The van der Waals surface area contributed by atoms with E-state index in [0.717, 1.165) is 21.7 Å². The van der Waals surface area contributed by atoms with E-state index in [1.165, 1.54) is 5.56 Å². The van der Waals surface area contributed by atoms with Gasteiger partial charge in [0.1, 0.15) is 5.69 Å². The van der Waals surface area contributed by atoms with Gasteiger partial charge in [-0.2, -0.15) is 10.2 Å². The minimum atomic E-state index is -0.208. The molecular weight excluding hydrogens is 370 g/mol. The van der Waals surface area contributed by atoms with Crippen LogP contribution in [0.2, 0.25) is 0 Å². The number of aromatic nitrogens is 4. The Morgan fingerprint density at radius 2 is 2.00 bits per heavy atom. The van der Waals surface area contributed by atoms with Crippen LogP contribution < -0.4 is 5.32 Å². The number of nitrogens with zero attached hydrogens (tertiary/aromatic N) is 3. The van der Waals surface area contributed by atoms with Crippen molar-refractivity contribution in [2.75, 3.05) is 0 Å². The molecule has 1 aromatic carbocycles. The molecular formula is C21H21N5OS. The third-order valence-electron chi connectivity index (χ3n) is 4.85. The summed E-state index contributed by atoms with van der Waals surface area (Å²) < 4.78 is 1.79. The predicted octanol–water partition coefficient (Wildman–Crippen LogP) is 4.01. The fourth-order valence-corrected chi connectivity index (χ4v) is 3.87. The largest absolute Gasteiger partial charge is 0.339 e. The summed E-state index contributed by atoms with van der Waals surface area (Å²) in [5, 5.41) is 16.5. The Labute approximate surface area is 167 Å². The Morgan fingerprint density at radius 3 is 2.64 bits per heavy atom. The molecule has 0 fully saturated rings. The molecule has 4 rings (SSSR count). The fraction of sp³-hybridized carbons (Fsp3) is 0.190. The predicted molar refractivity (Wildman–Crippen MR) is 110 cm³/mol. The van der Waals surface area contributed by atoms with E-state index in [1.807, 2.05) is 31.5 Å². The summed E-state index contributed by atoms with van der Waals surface area (Å²) in [5.41, 5.74) is 5.26. The zero-order chi connectivity index (χ0) is 19.7. The van der Waals surface area contributed by atoms with Crippen molar-refractivity contribution in [2.45, 2.75) is 19.9 Å². The molecule has 1 amide bonds. The van der Waals surface area contributed by atoms with Crippen molar-refractivity contribution in [1.29, 1.82) is 0 Å². The highest BCUT2D eigenvalue weighted by atomic mass is 32.1. The molecule has 0 aliphatic rings. The number of rotatable bonds is 5. The minimum Gasteiger partial charge on any atom is -0.339 e. The summed E-state index contributed by atoms with van der Waals surface area (Å²) in [6, 6.07) is 13.8. The second kappa shape index (κ2) is 7.44. The molecule has 4 aromatic rings. The number of carbonyl (C=O) groups excluding carboxylic acids is 1. The average molecular weight is 392 g/mol. The number of nitrogens with one attached hydrogen (secondary N) is 2. The number of aromatic amines is 1. The van der Waals surface area contributed by atoms with Gasteiger partial charge in [-0.25, -0.2) is 0 Å². The molecule has 0 spiro atoms. The lowest BCUT2D eigenvalue weighted by atomic mass is 10.0.